The molecular weight excluding hydrogens is 192 g/mol. The molecule has 1 saturated heterocycles. The third-order valence-corrected chi connectivity index (χ3v) is 3.09. The lowest BCUT2D eigenvalue weighted by Crippen LogP contribution is -2.43. The Morgan fingerprint density at radius 1 is 1.40 bits per heavy atom. The van der Waals surface area contributed by atoms with Crippen LogP contribution < -0.4 is 5.32 Å². The average molecular weight is 210 g/mol. The highest BCUT2D eigenvalue weighted by Crippen LogP contribution is 2.23. The van der Waals surface area contributed by atoms with Gasteiger partial charge < -0.3 is 14.8 Å². The zero-order chi connectivity index (χ0) is 10.9. The quantitative estimate of drug-likeness (QED) is 0.763. The zero-order valence-electron chi connectivity index (χ0n) is 9.34. The Balaban J connectivity index is 2.06. The fourth-order valence-electron chi connectivity index (χ4n) is 1.97. The molecule has 2 N–H and O–H groups in total. The van der Waals surface area contributed by atoms with Gasteiger partial charge in [-0.25, -0.2) is 4.98 Å². The summed E-state index contributed by atoms with van der Waals surface area (Å²) in [6.45, 7) is 5.57. The van der Waals surface area contributed by atoms with Crippen LogP contribution in [0.1, 0.15) is 30.2 Å². The molecule has 0 atom stereocenters. The lowest BCUT2D eigenvalue weighted by atomic mass is 9.89. The van der Waals surface area contributed by atoms with Crippen LogP contribution in [0.25, 0.3) is 0 Å². The van der Waals surface area contributed by atoms with E-state index in [2.05, 4.69) is 10.3 Å². The fraction of sp³-hybridized carbons (Fsp3) is 0.727. The molecule has 1 aliphatic rings. The van der Waals surface area contributed by atoms with E-state index in [4.69, 9.17) is 4.42 Å². The molecule has 0 aliphatic carbocycles. The lowest BCUT2D eigenvalue weighted by Gasteiger charge is -2.31. The molecule has 4 nitrogen and oxygen atoms in total. The third-order valence-electron chi connectivity index (χ3n) is 3.09. The Hall–Kier alpha value is -0.870. The number of rotatable bonds is 2. The van der Waals surface area contributed by atoms with Crippen LogP contribution >= 0.6 is 0 Å². The van der Waals surface area contributed by atoms with Gasteiger partial charge in [-0.3, -0.25) is 0 Å². The van der Waals surface area contributed by atoms with Gasteiger partial charge in [-0.05, 0) is 39.8 Å². The Kier molecular flexibility index (Phi) is 2.80. The van der Waals surface area contributed by atoms with Crippen molar-refractivity contribution >= 4 is 0 Å². The molecule has 0 saturated carbocycles. The van der Waals surface area contributed by atoms with Crippen molar-refractivity contribution in [2.75, 3.05) is 13.1 Å². The SMILES string of the molecule is Cc1nc(CC2(O)CCNCC2)oc1C. The van der Waals surface area contributed by atoms with Crippen LogP contribution in [0.3, 0.4) is 0 Å². The van der Waals surface area contributed by atoms with Crippen LogP contribution in [0.2, 0.25) is 0 Å². The van der Waals surface area contributed by atoms with Gasteiger partial charge in [0.1, 0.15) is 5.76 Å². The number of aromatic nitrogens is 1. The second-order valence-corrected chi connectivity index (χ2v) is 4.40. The van der Waals surface area contributed by atoms with Crippen LogP contribution in [0.5, 0.6) is 0 Å². The first-order valence-electron chi connectivity index (χ1n) is 5.45. The van der Waals surface area contributed by atoms with Gasteiger partial charge in [-0.2, -0.15) is 0 Å². The predicted octanol–water partition coefficient (Wildman–Crippen LogP) is 0.948. The van der Waals surface area contributed by atoms with Crippen molar-refractivity contribution in [1.29, 1.82) is 0 Å². The molecule has 1 fully saturated rings. The summed E-state index contributed by atoms with van der Waals surface area (Å²) >= 11 is 0. The molecule has 84 valence electrons. The van der Waals surface area contributed by atoms with Gasteiger partial charge in [-0.1, -0.05) is 0 Å². The van der Waals surface area contributed by atoms with E-state index in [1.165, 1.54) is 0 Å². The maximum absolute atomic E-state index is 10.3. The number of aliphatic hydroxyl groups is 1. The van der Waals surface area contributed by atoms with E-state index in [1.807, 2.05) is 13.8 Å². The standard InChI is InChI=1S/C11H18N2O2/c1-8-9(2)15-10(13-8)7-11(14)3-5-12-6-4-11/h12,14H,3-7H2,1-2H3. The van der Waals surface area contributed by atoms with Crippen LogP contribution in [0.15, 0.2) is 4.42 Å². The summed E-state index contributed by atoms with van der Waals surface area (Å²) in [6, 6.07) is 0. The Bertz CT molecular complexity index is 321. The van der Waals surface area contributed by atoms with Crippen LogP contribution in [-0.2, 0) is 6.42 Å². The summed E-state index contributed by atoms with van der Waals surface area (Å²) in [7, 11) is 0. The highest BCUT2D eigenvalue weighted by atomic mass is 16.4. The van der Waals surface area contributed by atoms with E-state index in [1.54, 1.807) is 0 Å². The first-order valence-corrected chi connectivity index (χ1v) is 5.45. The molecule has 0 amide bonds. The zero-order valence-corrected chi connectivity index (χ0v) is 9.34. The number of nitrogens with zero attached hydrogens (tertiary/aromatic N) is 1. The minimum absolute atomic E-state index is 0.531. The van der Waals surface area contributed by atoms with Crippen molar-refractivity contribution in [2.45, 2.75) is 38.7 Å². The van der Waals surface area contributed by atoms with Gasteiger partial charge in [0.2, 0.25) is 0 Å². The molecule has 0 unspecified atom stereocenters. The van der Waals surface area contributed by atoms with Crippen LogP contribution in [-0.4, -0.2) is 28.8 Å². The largest absolute Gasteiger partial charge is 0.446 e. The van der Waals surface area contributed by atoms with Gasteiger partial charge >= 0.3 is 0 Å². The minimum atomic E-state index is -0.630. The smallest absolute Gasteiger partial charge is 0.197 e. The van der Waals surface area contributed by atoms with Crippen molar-refractivity contribution in [2.24, 2.45) is 0 Å². The number of oxazole rings is 1. The molecule has 1 aliphatic heterocycles. The number of hydrogen-bond acceptors (Lipinski definition) is 4. The average Bonchev–Trinajstić information content (AvgIpc) is 2.46. The topological polar surface area (TPSA) is 58.3 Å². The molecule has 15 heavy (non-hydrogen) atoms. The summed E-state index contributed by atoms with van der Waals surface area (Å²) in [4.78, 5) is 4.30. The summed E-state index contributed by atoms with van der Waals surface area (Å²) < 4.78 is 5.49. The van der Waals surface area contributed by atoms with Crippen molar-refractivity contribution < 1.29 is 9.52 Å². The van der Waals surface area contributed by atoms with Gasteiger partial charge in [0.15, 0.2) is 5.89 Å². The van der Waals surface area contributed by atoms with Gasteiger partial charge in [0.05, 0.1) is 17.7 Å². The van der Waals surface area contributed by atoms with Crippen molar-refractivity contribution in [3.63, 3.8) is 0 Å². The maximum Gasteiger partial charge on any atom is 0.197 e. The summed E-state index contributed by atoms with van der Waals surface area (Å²) in [5.41, 5.74) is 0.289. The Morgan fingerprint density at radius 3 is 2.60 bits per heavy atom. The molecular formula is C11H18N2O2. The summed E-state index contributed by atoms with van der Waals surface area (Å²) in [5.74, 6) is 1.51. The number of nitrogens with one attached hydrogen (secondary N) is 1. The highest BCUT2D eigenvalue weighted by molar-refractivity contribution is 5.07. The van der Waals surface area contributed by atoms with Gasteiger partial charge in [0.25, 0.3) is 0 Å². The highest BCUT2D eigenvalue weighted by Gasteiger charge is 2.31. The van der Waals surface area contributed by atoms with Gasteiger partial charge in [-0.15, -0.1) is 0 Å². The van der Waals surface area contributed by atoms with Crippen molar-refractivity contribution in [1.82, 2.24) is 10.3 Å². The molecule has 0 aromatic carbocycles. The van der Waals surface area contributed by atoms with E-state index < -0.39 is 5.60 Å². The van der Waals surface area contributed by atoms with Crippen LogP contribution in [0, 0.1) is 13.8 Å². The lowest BCUT2D eigenvalue weighted by molar-refractivity contribution is 0.00536. The predicted molar refractivity (Wildman–Crippen MR) is 56.7 cm³/mol. The summed E-state index contributed by atoms with van der Waals surface area (Å²) in [5, 5.41) is 13.5. The molecule has 2 heterocycles. The first-order chi connectivity index (χ1) is 7.09. The molecule has 0 spiro atoms. The van der Waals surface area contributed by atoms with Crippen molar-refractivity contribution in [3.05, 3.63) is 17.3 Å². The van der Waals surface area contributed by atoms with E-state index in [-0.39, 0.29) is 0 Å². The van der Waals surface area contributed by atoms with E-state index in [0.717, 1.165) is 37.4 Å². The minimum Gasteiger partial charge on any atom is -0.446 e. The molecule has 0 bridgehead atoms. The number of aryl methyl sites for hydroxylation is 2. The summed E-state index contributed by atoms with van der Waals surface area (Å²) in [6.07, 6.45) is 2.07. The Morgan fingerprint density at radius 2 is 2.07 bits per heavy atom. The van der Waals surface area contributed by atoms with E-state index in [9.17, 15) is 5.11 Å². The molecule has 4 heteroatoms. The number of hydrogen-bond donors (Lipinski definition) is 2. The second-order valence-electron chi connectivity index (χ2n) is 4.40. The maximum atomic E-state index is 10.3. The van der Waals surface area contributed by atoms with Crippen LogP contribution in [0.4, 0.5) is 0 Å². The molecule has 2 rings (SSSR count). The first kappa shape index (κ1) is 10.6. The van der Waals surface area contributed by atoms with E-state index >= 15 is 0 Å². The second kappa shape index (κ2) is 3.94. The van der Waals surface area contributed by atoms with Crippen molar-refractivity contribution in [3.8, 4) is 0 Å². The van der Waals surface area contributed by atoms with Gasteiger partial charge in [0, 0.05) is 0 Å². The molecule has 1 aromatic rings. The molecule has 0 radical (unpaired) electrons. The normalized spacial score (nSPS) is 20.5. The Labute approximate surface area is 89.7 Å². The monoisotopic (exact) mass is 210 g/mol. The fourth-order valence-corrected chi connectivity index (χ4v) is 1.97. The van der Waals surface area contributed by atoms with E-state index in [0.29, 0.717) is 12.3 Å². The third kappa shape index (κ3) is 2.38. The number of piperidine rings is 1. The molecule has 1 aromatic heterocycles.